The van der Waals surface area contributed by atoms with E-state index in [0.29, 0.717) is 11.3 Å². The first-order chi connectivity index (χ1) is 12.2. The number of methoxy groups -OCH3 is 1. The second-order valence-corrected chi connectivity index (χ2v) is 6.20. The van der Waals surface area contributed by atoms with E-state index in [2.05, 4.69) is 17.0 Å². The number of carboxylic acids is 1. The molecule has 0 unspecified atom stereocenters. The number of hydrogen-bond donors (Lipinski definition) is 1. The topological polar surface area (TPSA) is 49.8 Å². The number of piperidine rings is 1. The van der Waals surface area contributed by atoms with Gasteiger partial charge in [-0.2, -0.15) is 0 Å². The monoisotopic (exact) mass is 337 g/mol. The van der Waals surface area contributed by atoms with Crippen molar-refractivity contribution >= 4 is 23.3 Å². The molecule has 1 saturated heterocycles. The van der Waals surface area contributed by atoms with E-state index in [0.717, 1.165) is 18.7 Å². The van der Waals surface area contributed by atoms with Crippen molar-refractivity contribution in [2.45, 2.75) is 19.3 Å². The molecule has 0 saturated carbocycles. The third-order valence-electron chi connectivity index (χ3n) is 4.55. The van der Waals surface area contributed by atoms with Gasteiger partial charge in [0.1, 0.15) is 5.75 Å². The van der Waals surface area contributed by atoms with Gasteiger partial charge in [0, 0.05) is 24.3 Å². The highest BCUT2D eigenvalue weighted by atomic mass is 16.5. The third kappa shape index (κ3) is 4.02. The Kier molecular flexibility index (Phi) is 5.39. The summed E-state index contributed by atoms with van der Waals surface area (Å²) in [5, 5.41) is 9.63. The molecule has 2 aromatic carbocycles. The molecule has 0 aliphatic carbocycles. The first-order valence-corrected chi connectivity index (χ1v) is 8.62. The van der Waals surface area contributed by atoms with E-state index >= 15 is 0 Å². The molecule has 1 aliphatic heterocycles. The van der Waals surface area contributed by atoms with Crippen LogP contribution in [0.4, 0.5) is 5.69 Å². The number of anilines is 1. The third-order valence-corrected chi connectivity index (χ3v) is 4.55. The van der Waals surface area contributed by atoms with Crippen molar-refractivity contribution in [2.75, 3.05) is 25.1 Å². The van der Waals surface area contributed by atoms with Gasteiger partial charge in [0.05, 0.1) is 12.7 Å². The molecule has 130 valence electrons. The van der Waals surface area contributed by atoms with Crippen molar-refractivity contribution in [1.29, 1.82) is 0 Å². The molecule has 1 N–H and O–H groups in total. The number of rotatable bonds is 5. The molecule has 1 aliphatic rings. The highest BCUT2D eigenvalue weighted by molar-refractivity contribution is 6.21. The summed E-state index contributed by atoms with van der Waals surface area (Å²) in [6.07, 6.45) is 5.47. The molecule has 25 heavy (non-hydrogen) atoms. The number of carboxylic acid groups (broad SMARTS) is 1. The van der Waals surface area contributed by atoms with Crippen LogP contribution >= 0.6 is 0 Å². The lowest BCUT2D eigenvalue weighted by molar-refractivity contribution is -0.130. The molecule has 4 heteroatoms. The second-order valence-electron chi connectivity index (χ2n) is 6.20. The summed E-state index contributed by atoms with van der Waals surface area (Å²) >= 11 is 0. The molecule has 1 fully saturated rings. The first-order valence-electron chi connectivity index (χ1n) is 8.62. The average Bonchev–Trinajstić information content (AvgIpc) is 2.67. The molecule has 0 atom stereocenters. The molecular formula is C21H23NO3. The second kappa shape index (κ2) is 7.88. The molecule has 4 nitrogen and oxygen atoms in total. The quantitative estimate of drug-likeness (QED) is 0.652. The molecule has 0 amide bonds. The van der Waals surface area contributed by atoms with Gasteiger partial charge in [-0.3, -0.25) is 0 Å². The lowest BCUT2D eigenvalue weighted by atomic mass is 10.0. The number of para-hydroxylation sites is 1. The van der Waals surface area contributed by atoms with E-state index < -0.39 is 5.97 Å². The largest absolute Gasteiger partial charge is 0.496 e. The zero-order valence-corrected chi connectivity index (χ0v) is 14.4. The molecule has 0 radical (unpaired) electrons. The Morgan fingerprint density at radius 3 is 2.36 bits per heavy atom. The van der Waals surface area contributed by atoms with E-state index in [1.807, 2.05) is 24.3 Å². The van der Waals surface area contributed by atoms with Crippen molar-refractivity contribution in [3.8, 4) is 5.75 Å². The van der Waals surface area contributed by atoms with Crippen LogP contribution in [-0.4, -0.2) is 31.3 Å². The van der Waals surface area contributed by atoms with Gasteiger partial charge in [0.25, 0.3) is 0 Å². The van der Waals surface area contributed by atoms with Gasteiger partial charge >= 0.3 is 5.97 Å². The highest BCUT2D eigenvalue weighted by Gasteiger charge is 2.15. The fourth-order valence-electron chi connectivity index (χ4n) is 3.22. The minimum Gasteiger partial charge on any atom is -0.496 e. The van der Waals surface area contributed by atoms with Crippen LogP contribution in [0.1, 0.15) is 30.4 Å². The van der Waals surface area contributed by atoms with E-state index in [1.54, 1.807) is 25.3 Å². The standard InChI is InChI=1S/C21H23NO3/c1-25-20-8-4-3-7-18(20)19(21(23)24)15-16-9-11-17(12-10-16)22-13-5-2-6-14-22/h3-4,7-12,15H,2,5-6,13-14H2,1H3,(H,23,24)/b19-15-. The summed E-state index contributed by atoms with van der Waals surface area (Å²) in [5.74, 6) is -0.411. The zero-order chi connectivity index (χ0) is 17.6. The molecule has 0 spiro atoms. The molecule has 0 bridgehead atoms. The van der Waals surface area contributed by atoms with Crippen molar-refractivity contribution in [3.05, 3.63) is 59.7 Å². The van der Waals surface area contributed by atoms with Crippen LogP contribution in [0.3, 0.4) is 0 Å². The number of hydrogen-bond acceptors (Lipinski definition) is 3. The van der Waals surface area contributed by atoms with Gasteiger partial charge in [-0.25, -0.2) is 4.79 Å². The summed E-state index contributed by atoms with van der Waals surface area (Å²) in [4.78, 5) is 14.1. The van der Waals surface area contributed by atoms with Crippen molar-refractivity contribution in [2.24, 2.45) is 0 Å². The van der Waals surface area contributed by atoms with Crippen LogP contribution in [0.5, 0.6) is 5.75 Å². The number of carbonyl (C=O) groups is 1. The van der Waals surface area contributed by atoms with Crippen LogP contribution < -0.4 is 9.64 Å². The number of ether oxygens (including phenoxy) is 1. The number of benzene rings is 2. The molecule has 0 aromatic heterocycles. The van der Waals surface area contributed by atoms with E-state index in [9.17, 15) is 9.90 Å². The van der Waals surface area contributed by atoms with Gasteiger partial charge in [-0.1, -0.05) is 30.3 Å². The van der Waals surface area contributed by atoms with Crippen LogP contribution in [0.25, 0.3) is 11.6 Å². The van der Waals surface area contributed by atoms with Gasteiger partial charge in [0.2, 0.25) is 0 Å². The number of nitrogens with zero attached hydrogens (tertiary/aromatic N) is 1. The van der Waals surface area contributed by atoms with Crippen LogP contribution in [0.15, 0.2) is 48.5 Å². The maximum Gasteiger partial charge on any atom is 0.336 e. The Morgan fingerprint density at radius 2 is 1.72 bits per heavy atom. The predicted octanol–water partition coefficient (Wildman–Crippen LogP) is 4.31. The minimum absolute atomic E-state index is 0.225. The summed E-state index contributed by atoms with van der Waals surface area (Å²) in [6.45, 7) is 2.19. The van der Waals surface area contributed by atoms with Gasteiger partial charge in [-0.05, 0) is 49.1 Å². The zero-order valence-electron chi connectivity index (χ0n) is 14.4. The molecule has 1 heterocycles. The predicted molar refractivity (Wildman–Crippen MR) is 101 cm³/mol. The van der Waals surface area contributed by atoms with E-state index in [-0.39, 0.29) is 5.57 Å². The van der Waals surface area contributed by atoms with Crippen molar-refractivity contribution < 1.29 is 14.6 Å². The lowest BCUT2D eigenvalue weighted by Gasteiger charge is -2.28. The first kappa shape index (κ1) is 17.1. The number of aliphatic carboxylic acids is 1. The Morgan fingerprint density at radius 1 is 1.04 bits per heavy atom. The summed E-state index contributed by atoms with van der Waals surface area (Å²) in [6, 6.07) is 15.3. The van der Waals surface area contributed by atoms with E-state index in [4.69, 9.17) is 4.74 Å². The Bertz CT molecular complexity index is 759. The Labute approximate surface area is 148 Å². The fourth-order valence-corrected chi connectivity index (χ4v) is 3.22. The minimum atomic E-state index is -0.968. The SMILES string of the molecule is COc1ccccc1/C(=C/c1ccc(N2CCCCC2)cc1)C(=O)O. The Hall–Kier alpha value is -2.75. The van der Waals surface area contributed by atoms with Crippen molar-refractivity contribution in [3.63, 3.8) is 0 Å². The summed E-state index contributed by atoms with van der Waals surface area (Å²) in [5.41, 5.74) is 2.87. The highest BCUT2D eigenvalue weighted by Crippen LogP contribution is 2.28. The lowest BCUT2D eigenvalue weighted by Crippen LogP contribution is -2.29. The molecule has 2 aromatic rings. The van der Waals surface area contributed by atoms with Gasteiger partial charge in [-0.15, -0.1) is 0 Å². The van der Waals surface area contributed by atoms with E-state index in [1.165, 1.54) is 24.9 Å². The summed E-state index contributed by atoms with van der Waals surface area (Å²) in [7, 11) is 1.55. The fraction of sp³-hybridized carbons (Fsp3) is 0.286. The average molecular weight is 337 g/mol. The smallest absolute Gasteiger partial charge is 0.336 e. The normalized spacial score (nSPS) is 15.1. The van der Waals surface area contributed by atoms with Crippen LogP contribution in [0, 0.1) is 0 Å². The molecular weight excluding hydrogens is 314 g/mol. The Balaban J connectivity index is 1.89. The van der Waals surface area contributed by atoms with Gasteiger partial charge in [0.15, 0.2) is 0 Å². The van der Waals surface area contributed by atoms with Gasteiger partial charge < -0.3 is 14.7 Å². The van der Waals surface area contributed by atoms with Crippen molar-refractivity contribution in [1.82, 2.24) is 0 Å². The van der Waals surface area contributed by atoms with Crippen LogP contribution in [0.2, 0.25) is 0 Å². The molecule has 3 rings (SSSR count). The maximum atomic E-state index is 11.8. The summed E-state index contributed by atoms with van der Waals surface area (Å²) < 4.78 is 5.30. The van der Waals surface area contributed by atoms with Crippen LogP contribution in [-0.2, 0) is 4.79 Å². The maximum absolute atomic E-state index is 11.8.